The van der Waals surface area contributed by atoms with Gasteiger partial charge in [0.05, 0.1) is 0 Å². The highest BCUT2D eigenvalue weighted by Gasteiger charge is 2.27. The maximum atomic E-state index is 13.5. The number of amides is 1. The average Bonchev–Trinajstić information content (AvgIpc) is 2.62. The van der Waals surface area contributed by atoms with Gasteiger partial charge < -0.3 is 9.80 Å². The van der Waals surface area contributed by atoms with E-state index in [-0.39, 0.29) is 30.2 Å². The van der Waals surface area contributed by atoms with Gasteiger partial charge in [-0.3, -0.25) is 4.79 Å². The van der Waals surface area contributed by atoms with Crippen LogP contribution in [0, 0.1) is 5.82 Å². The predicted molar refractivity (Wildman–Crippen MR) is 106 cm³/mol. The molecule has 0 atom stereocenters. The number of rotatable bonds is 5. The van der Waals surface area contributed by atoms with Crippen molar-refractivity contribution in [2.24, 2.45) is 0 Å². The zero-order valence-electron chi connectivity index (χ0n) is 15.1. The quantitative estimate of drug-likeness (QED) is 0.776. The van der Waals surface area contributed by atoms with E-state index in [1.54, 1.807) is 17.9 Å². The summed E-state index contributed by atoms with van der Waals surface area (Å²) in [7, 11) is 0. The number of anilines is 1. The van der Waals surface area contributed by atoms with Crippen LogP contribution in [0.3, 0.4) is 0 Å². The highest BCUT2D eigenvalue weighted by atomic mass is 35.5. The number of carbonyl (C=O) groups is 1. The van der Waals surface area contributed by atoms with Gasteiger partial charge >= 0.3 is 0 Å². The smallest absolute Gasteiger partial charge is 0.224 e. The van der Waals surface area contributed by atoms with E-state index >= 15 is 0 Å². The van der Waals surface area contributed by atoms with E-state index in [2.05, 4.69) is 29.2 Å². The van der Waals surface area contributed by atoms with Gasteiger partial charge in [0.15, 0.2) is 0 Å². The van der Waals surface area contributed by atoms with Gasteiger partial charge in [0.2, 0.25) is 5.91 Å². The van der Waals surface area contributed by atoms with Crippen molar-refractivity contribution in [1.82, 2.24) is 4.90 Å². The molecule has 0 aliphatic carbocycles. The fraction of sp³-hybridized carbons (Fsp3) is 0.381. The number of nitrogens with zero attached hydrogens (tertiary/aromatic N) is 2. The van der Waals surface area contributed by atoms with Crippen LogP contribution < -0.4 is 4.90 Å². The molecule has 0 radical (unpaired) electrons. The minimum absolute atomic E-state index is 0. The number of carbonyl (C=O) groups excluding carboxylic acids is 1. The number of hydrogen-bond acceptors (Lipinski definition) is 2. The van der Waals surface area contributed by atoms with E-state index in [4.69, 9.17) is 0 Å². The third-order valence-electron chi connectivity index (χ3n) is 4.91. The van der Waals surface area contributed by atoms with Gasteiger partial charge in [0.1, 0.15) is 5.82 Å². The molecule has 3 nitrogen and oxygen atoms in total. The van der Waals surface area contributed by atoms with E-state index in [0.29, 0.717) is 5.69 Å². The van der Waals surface area contributed by atoms with E-state index in [9.17, 15) is 9.18 Å². The standard InChI is InChI=1S/C21H25FN2O.ClH/c1-17(25)24(21-9-5-8-19(22)16-21)20-11-14-23(15-12-20)13-10-18-6-3-2-4-7-18;/h2-9,16,20H,10-15H2,1H3;1H. The van der Waals surface area contributed by atoms with Crippen LogP contribution >= 0.6 is 12.4 Å². The van der Waals surface area contributed by atoms with Crippen LogP contribution in [0.5, 0.6) is 0 Å². The summed E-state index contributed by atoms with van der Waals surface area (Å²) in [5.41, 5.74) is 2.02. The summed E-state index contributed by atoms with van der Waals surface area (Å²) < 4.78 is 13.5. The molecule has 5 heteroatoms. The normalized spacial score (nSPS) is 15.3. The van der Waals surface area contributed by atoms with Crippen molar-refractivity contribution in [3.63, 3.8) is 0 Å². The van der Waals surface area contributed by atoms with Crippen LogP contribution in [0.4, 0.5) is 10.1 Å². The molecule has 0 unspecified atom stereocenters. The molecule has 0 aromatic heterocycles. The summed E-state index contributed by atoms with van der Waals surface area (Å²) in [4.78, 5) is 16.4. The zero-order chi connectivity index (χ0) is 17.6. The molecule has 2 aromatic rings. The van der Waals surface area contributed by atoms with Crippen molar-refractivity contribution in [2.45, 2.75) is 32.2 Å². The lowest BCUT2D eigenvalue weighted by Gasteiger charge is -2.38. The van der Waals surface area contributed by atoms with E-state index in [0.717, 1.165) is 38.9 Å². The summed E-state index contributed by atoms with van der Waals surface area (Å²) in [5.74, 6) is -0.322. The maximum Gasteiger partial charge on any atom is 0.224 e. The first kappa shape index (κ1) is 20.4. The molecule has 1 amide bonds. The topological polar surface area (TPSA) is 23.6 Å². The summed E-state index contributed by atoms with van der Waals surface area (Å²) >= 11 is 0. The Labute approximate surface area is 161 Å². The molecular weight excluding hydrogens is 351 g/mol. The molecule has 0 N–H and O–H groups in total. The fourth-order valence-corrected chi connectivity index (χ4v) is 3.61. The van der Waals surface area contributed by atoms with Gasteiger partial charge in [0, 0.05) is 38.3 Å². The summed E-state index contributed by atoms with van der Waals surface area (Å²) in [5, 5.41) is 0. The molecule has 1 heterocycles. The first-order valence-corrected chi connectivity index (χ1v) is 8.95. The highest BCUT2D eigenvalue weighted by Crippen LogP contribution is 2.24. The van der Waals surface area contributed by atoms with Crippen molar-refractivity contribution in [1.29, 1.82) is 0 Å². The molecule has 0 bridgehead atoms. The summed E-state index contributed by atoms with van der Waals surface area (Å²) in [6, 6.07) is 17.0. The molecule has 0 spiro atoms. The highest BCUT2D eigenvalue weighted by molar-refractivity contribution is 5.92. The van der Waals surface area contributed by atoms with Crippen LogP contribution in [0.2, 0.25) is 0 Å². The first-order chi connectivity index (χ1) is 12.1. The molecular formula is C21H26ClFN2O. The fourth-order valence-electron chi connectivity index (χ4n) is 3.61. The third-order valence-corrected chi connectivity index (χ3v) is 4.91. The number of halogens is 2. The number of hydrogen-bond donors (Lipinski definition) is 0. The van der Waals surface area contributed by atoms with Gasteiger partial charge in [0.25, 0.3) is 0 Å². The molecule has 3 rings (SSSR count). The average molecular weight is 377 g/mol. The van der Waals surface area contributed by atoms with Gasteiger partial charge in [-0.25, -0.2) is 4.39 Å². The number of piperidine rings is 1. The van der Waals surface area contributed by atoms with Crippen LogP contribution in [-0.4, -0.2) is 36.5 Å². The lowest BCUT2D eigenvalue weighted by Crippen LogP contribution is -2.47. The number of benzene rings is 2. The van der Waals surface area contributed by atoms with Gasteiger partial charge in [-0.15, -0.1) is 12.4 Å². The Bertz CT molecular complexity index is 702. The second-order valence-electron chi connectivity index (χ2n) is 6.68. The first-order valence-electron chi connectivity index (χ1n) is 8.95. The van der Waals surface area contributed by atoms with Crippen molar-refractivity contribution >= 4 is 24.0 Å². The SMILES string of the molecule is CC(=O)N(c1cccc(F)c1)C1CCN(CCc2ccccc2)CC1.Cl. The molecule has 1 saturated heterocycles. The molecule has 26 heavy (non-hydrogen) atoms. The third kappa shape index (κ3) is 5.29. The number of likely N-dealkylation sites (tertiary alicyclic amines) is 1. The lowest BCUT2D eigenvalue weighted by molar-refractivity contribution is -0.117. The Balaban J connectivity index is 0.00000243. The maximum absolute atomic E-state index is 13.5. The van der Waals surface area contributed by atoms with Crippen LogP contribution in [0.1, 0.15) is 25.3 Å². The Hall–Kier alpha value is -1.91. The molecule has 0 saturated carbocycles. The van der Waals surface area contributed by atoms with Crippen molar-refractivity contribution in [3.05, 3.63) is 66.0 Å². The molecule has 1 fully saturated rings. The minimum Gasteiger partial charge on any atom is -0.309 e. The van der Waals surface area contributed by atoms with Crippen molar-refractivity contribution in [3.8, 4) is 0 Å². The largest absolute Gasteiger partial charge is 0.309 e. The molecule has 1 aliphatic rings. The lowest BCUT2D eigenvalue weighted by atomic mass is 10.0. The summed E-state index contributed by atoms with van der Waals surface area (Å²) in [6.45, 7) is 4.54. The van der Waals surface area contributed by atoms with E-state index < -0.39 is 0 Å². The molecule has 1 aliphatic heterocycles. The Kier molecular flexibility index (Phi) is 7.61. The minimum atomic E-state index is -0.302. The Morgan fingerprint density at radius 3 is 2.42 bits per heavy atom. The van der Waals surface area contributed by atoms with Crippen LogP contribution in [-0.2, 0) is 11.2 Å². The second kappa shape index (κ2) is 9.70. The van der Waals surface area contributed by atoms with Crippen LogP contribution in [0.15, 0.2) is 54.6 Å². The predicted octanol–water partition coefficient (Wildman–Crippen LogP) is 4.31. The van der Waals surface area contributed by atoms with E-state index in [1.165, 1.54) is 17.7 Å². The monoisotopic (exact) mass is 376 g/mol. The zero-order valence-corrected chi connectivity index (χ0v) is 15.9. The second-order valence-corrected chi connectivity index (χ2v) is 6.68. The Morgan fingerprint density at radius 1 is 1.12 bits per heavy atom. The van der Waals surface area contributed by atoms with Gasteiger partial charge in [-0.2, -0.15) is 0 Å². The molecule has 140 valence electrons. The van der Waals surface area contributed by atoms with Gasteiger partial charge in [-0.05, 0) is 43.0 Å². The van der Waals surface area contributed by atoms with Gasteiger partial charge in [-0.1, -0.05) is 36.4 Å². The van der Waals surface area contributed by atoms with Crippen LogP contribution in [0.25, 0.3) is 0 Å². The van der Waals surface area contributed by atoms with Crippen molar-refractivity contribution < 1.29 is 9.18 Å². The summed E-state index contributed by atoms with van der Waals surface area (Å²) in [6.07, 6.45) is 2.89. The van der Waals surface area contributed by atoms with E-state index in [1.807, 2.05) is 12.1 Å². The Morgan fingerprint density at radius 2 is 1.81 bits per heavy atom. The van der Waals surface area contributed by atoms with Crippen molar-refractivity contribution in [2.75, 3.05) is 24.5 Å². The molecule has 2 aromatic carbocycles.